The Balaban J connectivity index is 2.42. The summed E-state index contributed by atoms with van der Waals surface area (Å²) in [5.74, 6) is 0.211. The minimum Gasteiger partial charge on any atom is -0.385 e. The fourth-order valence-corrected chi connectivity index (χ4v) is 2.22. The van der Waals surface area contributed by atoms with Crippen LogP contribution in [-0.4, -0.2) is 63.9 Å². The van der Waals surface area contributed by atoms with Gasteiger partial charge in [-0.05, 0) is 25.8 Å². The lowest BCUT2D eigenvalue weighted by Crippen LogP contribution is -2.49. The Kier molecular flexibility index (Phi) is 7.96. The zero-order chi connectivity index (χ0) is 13.2. The van der Waals surface area contributed by atoms with Gasteiger partial charge in [0.1, 0.15) is 0 Å². The van der Waals surface area contributed by atoms with Crippen LogP contribution >= 0.6 is 0 Å². The molecule has 5 heteroatoms. The highest BCUT2D eigenvalue weighted by Gasteiger charge is 2.25. The van der Waals surface area contributed by atoms with Crippen LogP contribution in [0.3, 0.4) is 0 Å². The summed E-state index contributed by atoms with van der Waals surface area (Å²) in [5.41, 5.74) is 0. The predicted molar refractivity (Wildman–Crippen MR) is 70.6 cm³/mol. The second-order valence-corrected chi connectivity index (χ2v) is 4.67. The Hall–Kier alpha value is -0.650. The number of amides is 1. The number of carbonyl (C=O) groups is 1. The fraction of sp³-hybridized carbons (Fsp3) is 0.923. The van der Waals surface area contributed by atoms with Gasteiger partial charge in [-0.2, -0.15) is 0 Å². The summed E-state index contributed by atoms with van der Waals surface area (Å²) in [7, 11) is 3.35. The Morgan fingerprint density at radius 1 is 1.22 bits per heavy atom. The summed E-state index contributed by atoms with van der Waals surface area (Å²) in [6.45, 7) is 3.64. The van der Waals surface area contributed by atoms with E-state index in [-0.39, 0.29) is 11.9 Å². The Bertz CT molecular complexity index is 230. The van der Waals surface area contributed by atoms with E-state index in [0.717, 1.165) is 32.4 Å². The second kappa shape index (κ2) is 9.30. The van der Waals surface area contributed by atoms with Gasteiger partial charge < -0.3 is 19.7 Å². The topological polar surface area (TPSA) is 50.8 Å². The van der Waals surface area contributed by atoms with E-state index >= 15 is 0 Å². The summed E-state index contributed by atoms with van der Waals surface area (Å²) in [4.78, 5) is 14.3. The number of hydrogen-bond donors (Lipinski definition) is 1. The van der Waals surface area contributed by atoms with Crippen LogP contribution in [0.2, 0.25) is 0 Å². The van der Waals surface area contributed by atoms with E-state index < -0.39 is 0 Å². The average Bonchev–Trinajstić information content (AvgIpc) is 2.43. The van der Waals surface area contributed by atoms with Crippen LogP contribution in [0.1, 0.15) is 25.7 Å². The highest BCUT2D eigenvalue weighted by Crippen LogP contribution is 2.10. The zero-order valence-corrected chi connectivity index (χ0v) is 11.6. The van der Waals surface area contributed by atoms with E-state index in [2.05, 4.69) is 5.32 Å². The number of ether oxygens (including phenoxy) is 2. The van der Waals surface area contributed by atoms with E-state index in [1.165, 1.54) is 6.42 Å². The Morgan fingerprint density at radius 3 is 2.61 bits per heavy atom. The van der Waals surface area contributed by atoms with Gasteiger partial charge in [0.2, 0.25) is 5.91 Å². The molecule has 0 aromatic carbocycles. The van der Waals surface area contributed by atoms with E-state index in [9.17, 15) is 4.79 Å². The lowest BCUT2D eigenvalue weighted by Gasteiger charge is -2.30. The van der Waals surface area contributed by atoms with Gasteiger partial charge in [0.05, 0.1) is 12.6 Å². The number of nitrogens with one attached hydrogen (secondary N) is 1. The van der Waals surface area contributed by atoms with Crippen LogP contribution in [0, 0.1) is 0 Å². The molecule has 1 aliphatic rings. The second-order valence-electron chi connectivity index (χ2n) is 4.67. The van der Waals surface area contributed by atoms with Gasteiger partial charge in [-0.15, -0.1) is 0 Å². The molecule has 1 rings (SSSR count). The molecule has 1 amide bonds. The Labute approximate surface area is 110 Å². The van der Waals surface area contributed by atoms with Crippen molar-refractivity contribution in [3.63, 3.8) is 0 Å². The lowest BCUT2D eigenvalue weighted by atomic mass is 10.0. The molecule has 0 aromatic rings. The summed E-state index contributed by atoms with van der Waals surface area (Å²) >= 11 is 0. The van der Waals surface area contributed by atoms with Gasteiger partial charge in [-0.3, -0.25) is 4.79 Å². The molecule has 1 aliphatic heterocycles. The first-order valence-corrected chi connectivity index (χ1v) is 6.79. The van der Waals surface area contributed by atoms with Crippen molar-refractivity contribution in [3.05, 3.63) is 0 Å². The van der Waals surface area contributed by atoms with Gasteiger partial charge >= 0.3 is 0 Å². The smallest absolute Gasteiger partial charge is 0.239 e. The largest absolute Gasteiger partial charge is 0.385 e. The van der Waals surface area contributed by atoms with Gasteiger partial charge in [-0.1, -0.05) is 6.42 Å². The summed E-state index contributed by atoms with van der Waals surface area (Å²) in [6, 6.07) is -0.00171. The maximum Gasteiger partial charge on any atom is 0.239 e. The molecule has 5 nitrogen and oxygen atoms in total. The molecular formula is C13H26N2O3. The van der Waals surface area contributed by atoms with Crippen molar-refractivity contribution >= 4 is 5.91 Å². The van der Waals surface area contributed by atoms with Crippen molar-refractivity contribution in [1.29, 1.82) is 0 Å². The molecule has 106 valence electrons. The van der Waals surface area contributed by atoms with Crippen molar-refractivity contribution in [1.82, 2.24) is 10.2 Å². The van der Waals surface area contributed by atoms with Gasteiger partial charge in [-0.25, -0.2) is 0 Å². The number of nitrogens with zero attached hydrogens (tertiary/aromatic N) is 1. The van der Waals surface area contributed by atoms with Crippen LogP contribution in [0.25, 0.3) is 0 Å². The van der Waals surface area contributed by atoms with Crippen LogP contribution in [0.4, 0.5) is 0 Å². The molecule has 0 aliphatic carbocycles. The number of methoxy groups -OCH3 is 2. The van der Waals surface area contributed by atoms with Gasteiger partial charge in [0.15, 0.2) is 0 Å². The third-order valence-corrected chi connectivity index (χ3v) is 3.26. The first-order valence-electron chi connectivity index (χ1n) is 6.79. The molecule has 1 saturated heterocycles. The average molecular weight is 258 g/mol. The number of rotatable bonds is 8. The fourth-order valence-electron chi connectivity index (χ4n) is 2.22. The number of hydrogen-bond acceptors (Lipinski definition) is 4. The minimum atomic E-state index is -0.00171. The van der Waals surface area contributed by atoms with Crippen LogP contribution in [0.15, 0.2) is 0 Å². The highest BCUT2D eigenvalue weighted by molar-refractivity contribution is 5.82. The molecule has 1 N–H and O–H groups in total. The molecular weight excluding hydrogens is 232 g/mol. The van der Waals surface area contributed by atoms with E-state index in [0.29, 0.717) is 19.8 Å². The molecule has 0 spiro atoms. The summed E-state index contributed by atoms with van der Waals surface area (Å²) in [5, 5.41) is 3.30. The van der Waals surface area contributed by atoms with Crippen molar-refractivity contribution in [2.45, 2.75) is 31.7 Å². The van der Waals surface area contributed by atoms with Crippen LogP contribution in [-0.2, 0) is 14.3 Å². The standard InChI is InChI=1S/C13H26N2O3/c1-17-10-5-8-15(9-11-18-2)13(16)12-6-3-4-7-14-12/h12,14H,3-11H2,1-2H3. The van der Waals surface area contributed by atoms with E-state index in [4.69, 9.17) is 9.47 Å². The number of piperidine rings is 1. The summed E-state index contributed by atoms with van der Waals surface area (Å²) < 4.78 is 10.1. The molecule has 0 saturated carbocycles. The molecule has 1 unspecified atom stereocenters. The zero-order valence-electron chi connectivity index (χ0n) is 11.6. The molecule has 1 atom stereocenters. The van der Waals surface area contributed by atoms with Gasteiger partial charge in [0, 0.05) is 33.9 Å². The van der Waals surface area contributed by atoms with E-state index in [1.54, 1.807) is 14.2 Å². The molecule has 1 fully saturated rings. The molecule has 0 bridgehead atoms. The lowest BCUT2D eigenvalue weighted by molar-refractivity contribution is -0.134. The molecule has 18 heavy (non-hydrogen) atoms. The number of carbonyl (C=O) groups excluding carboxylic acids is 1. The Morgan fingerprint density at radius 2 is 2.00 bits per heavy atom. The van der Waals surface area contributed by atoms with Gasteiger partial charge in [0.25, 0.3) is 0 Å². The predicted octanol–water partition coefficient (Wildman–Crippen LogP) is 0.640. The monoisotopic (exact) mass is 258 g/mol. The minimum absolute atomic E-state index is 0.00171. The highest BCUT2D eigenvalue weighted by atomic mass is 16.5. The van der Waals surface area contributed by atoms with Crippen molar-refractivity contribution in [2.75, 3.05) is 47.1 Å². The third-order valence-electron chi connectivity index (χ3n) is 3.26. The maximum absolute atomic E-state index is 12.4. The van der Waals surface area contributed by atoms with Crippen molar-refractivity contribution < 1.29 is 14.3 Å². The maximum atomic E-state index is 12.4. The first kappa shape index (κ1) is 15.4. The molecule has 1 heterocycles. The van der Waals surface area contributed by atoms with Crippen molar-refractivity contribution in [2.24, 2.45) is 0 Å². The molecule has 0 aromatic heterocycles. The van der Waals surface area contributed by atoms with Crippen molar-refractivity contribution in [3.8, 4) is 0 Å². The first-order chi connectivity index (χ1) is 8.79. The van der Waals surface area contributed by atoms with Crippen LogP contribution in [0.5, 0.6) is 0 Å². The normalized spacial score (nSPS) is 19.8. The van der Waals surface area contributed by atoms with Crippen LogP contribution < -0.4 is 5.32 Å². The third kappa shape index (κ3) is 5.33. The summed E-state index contributed by atoms with van der Waals surface area (Å²) in [6.07, 6.45) is 4.14. The SMILES string of the molecule is COCCCN(CCOC)C(=O)C1CCCCN1. The van der Waals surface area contributed by atoms with E-state index in [1.807, 2.05) is 4.90 Å². The quantitative estimate of drug-likeness (QED) is 0.649. The molecule has 0 radical (unpaired) electrons.